The lowest BCUT2D eigenvalue weighted by Crippen LogP contribution is -2.30. The van der Waals surface area contributed by atoms with Gasteiger partial charge in [-0.15, -0.1) is 4.72 Å². The van der Waals surface area contributed by atoms with Gasteiger partial charge in [0.15, 0.2) is 29.6 Å². The minimum atomic E-state index is -1.97. The standard InChI is InChI=1S/C16H15FN4O4S/c1-9-4-2-3-5-12(9)19-16(24)18-10-6-11(17)15(13(22)7-10)21-8-14(23)20-26(21)25/h2-7,22H,8H2,1H3,(H,20,23)(H2,18,19,24). The van der Waals surface area contributed by atoms with Crippen LogP contribution in [0, 0.1) is 12.7 Å². The van der Waals surface area contributed by atoms with Crippen LogP contribution in [-0.2, 0) is 16.3 Å². The largest absolute Gasteiger partial charge is 0.568 e. The molecule has 2 aromatic rings. The fourth-order valence-corrected chi connectivity index (χ4v) is 3.39. The Morgan fingerprint density at radius 1 is 1.35 bits per heavy atom. The van der Waals surface area contributed by atoms with Gasteiger partial charge >= 0.3 is 6.03 Å². The Labute approximate surface area is 151 Å². The molecular formula is C16H15FN4O4S. The van der Waals surface area contributed by atoms with E-state index in [1.165, 1.54) is 0 Å². The molecule has 0 aliphatic carbocycles. The Hall–Kier alpha value is -2.98. The lowest BCUT2D eigenvalue weighted by molar-refractivity contribution is -0.117. The van der Waals surface area contributed by atoms with Crippen molar-refractivity contribution < 1.29 is 23.6 Å². The van der Waals surface area contributed by atoms with E-state index >= 15 is 0 Å². The highest BCUT2D eigenvalue weighted by Crippen LogP contribution is 2.36. The number of urea groups is 1. The second kappa shape index (κ2) is 7.10. The quantitative estimate of drug-likeness (QED) is 0.610. The summed E-state index contributed by atoms with van der Waals surface area (Å²) in [5.41, 5.74) is 1.05. The zero-order chi connectivity index (χ0) is 18.8. The third-order valence-corrected chi connectivity index (χ3v) is 4.75. The molecule has 8 nitrogen and oxygen atoms in total. The fourth-order valence-electron chi connectivity index (χ4n) is 2.44. The molecule has 0 radical (unpaired) electrons. The van der Waals surface area contributed by atoms with Gasteiger partial charge in [-0.25, -0.2) is 9.18 Å². The van der Waals surface area contributed by atoms with E-state index < -0.39 is 35.1 Å². The second-order valence-electron chi connectivity index (χ2n) is 5.53. The van der Waals surface area contributed by atoms with Crippen molar-refractivity contribution in [2.75, 3.05) is 21.5 Å². The summed E-state index contributed by atoms with van der Waals surface area (Å²) in [6.07, 6.45) is 0. The zero-order valence-electron chi connectivity index (χ0n) is 13.6. The maximum absolute atomic E-state index is 14.4. The minimum Gasteiger partial charge on any atom is -0.568 e. The molecule has 1 aliphatic heterocycles. The normalized spacial score (nSPS) is 16.3. The number of rotatable bonds is 3. The smallest absolute Gasteiger partial charge is 0.323 e. The van der Waals surface area contributed by atoms with Crippen molar-refractivity contribution in [3.8, 4) is 5.75 Å². The first-order chi connectivity index (χ1) is 12.3. The van der Waals surface area contributed by atoms with E-state index in [9.17, 15) is 23.6 Å². The zero-order valence-corrected chi connectivity index (χ0v) is 14.4. The number of phenolic OH excluding ortho intramolecular Hbond substituents is 1. The van der Waals surface area contributed by atoms with Crippen molar-refractivity contribution in [1.82, 2.24) is 4.72 Å². The van der Waals surface area contributed by atoms with Crippen LogP contribution in [0.25, 0.3) is 0 Å². The highest BCUT2D eigenvalue weighted by atomic mass is 32.2. The van der Waals surface area contributed by atoms with Crippen LogP contribution in [0.4, 0.5) is 26.2 Å². The molecule has 136 valence electrons. The van der Waals surface area contributed by atoms with E-state index in [1.807, 2.05) is 19.1 Å². The molecule has 10 heteroatoms. The van der Waals surface area contributed by atoms with Crippen molar-refractivity contribution in [2.45, 2.75) is 6.92 Å². The van der Waals surface area contributed by atoms with Crippen LogP contribution in [-0.4, -0.2) is 28.1 Å². The molecule has 3 rings (SSSR count). The van der Waals surface area contributed by atoms with Crippen molar-refractivity contribution in [3.05, 3.63) is 47.8 Å². The van der Waals surface area contributed by atoms with Crippen LogP contribution < -0.4 is 19.7 Å². The van der Waals surface area contributed by atoms with E-state index in [1.54, 1.807) is 12.1 Å². The molecule has 1 aliphatic rings. The third-order valence-electron chi connectivity index (χ3n) is 3.63. The number of anilines is 3. The minimum absolute atomic E-state index is 0.000834. The lowest BCUT2D eigenvalue weighted by atomic mass is 10.2. The number of halogens is 1. The highest BCUT2D eigenvalue weighted by Gasteiger charge is 2.37. The summed E-state index contributed by atoms with van der Waals surface area (Å²) < 4.78 is 29.1. The molecule has 26 heavy (non-hydrogen) atoms. The van der Waals surface area contributed by atoms with Gasteiger partial charge in [0.05, 0.1) is 0 Å². The van der Waals surface area contributed by atoms with Crippen LogP contribution in [0.1, 0.15) is 5.56 Å². The number of amides is 3. The molecule has 0 aromatic heterocycles. The maximum atomic E-state index is 14.4. The van der Waals surface area contributed by atoms with Gasteiger partial charge in [-0.2, -0.15) is 4.31 Å². The summed E-state index contributed by atoms with van der Waals surface area (Å²) >= 11 is -1.97. The van der Waals surface area contributed by atoms with Crippen LogP contribution in [0.2, 0.25) is 0 Å². The Morgan fingerprint density at radius 2 is 2.08 bits per heavy atom. The van der Waals surface area contributed by atoms with Crippen molar-refractivity contribution in [3.63, 3.8) is 0 Å². The number of hydrogen-bond donors (Lipinski definition) is 4. The van der Waals surface area contributed by atoms with E-state index in [4.69, 9.17) is 0 Å². The van der Waals surface area contributed by atoms with Crippen LogP contribution in [0.5, 0.6) is 5.75 Å². The molecule has 4 N–H and O–H groups in total. The Kier molecular flexibility index (Phi) is 4.87. The summed E-state index contributed by atoms with van der Waals surface area (Å²) in [5.74, 6) is -2.04. The first-order valence-electron chi connectivity index (χ1n) is 7.50. The molecule has 1 atom stereocenters. The van der Waals surface area contributed by atoms with Gasteiger partial charge in [0, 0.05) is 23.5 Å². The summed E-state index contributed by atoms with van der Waals surface area (Å²) in [5, 5.41) is 15.1. The number of phenols is 1. The SMILES string of the molecule is Cc1ccccc1NC(=O)Nc1cc(O)c(N2CC(=O)N[S+]2[O-])c(F)c1. The van der Waals surface area contributed by atoms with E-state index in [2.05, 4.69) is 15.4 Å². The number of carbonyl (C=O) groups is 2. The van der Waals surface area contributed by atoms with Gasteiger partial charge < -0.3 is 20.3 Å². The van der Waals surface area contributed by atoms with Crippen LogP contribution in [0.15, 0.2) is 36.4 Å². The van der Waals surface area contributed by atoms with Crippen molar-refractivity contribution >= 4 is 40.5 Å². The Balaban J connectivity index is 1.77. The monoisotopic (exact) mass is 378 g/mol. The molecule has 3 amide bonds. The fraction of sp³-hybridized carbons (Fsp3) is 0.125. The molecule has 0 spiro atoms. The number of benzene rings is 2. The van der Waals surface area contributed by atoms with Crippen LogP contribution >= 0.6 is 0 Å². The average Bonchev–Trinajstić information content (AvgIpc) is 2.87. The molecule has 1 saturated heterocycles. The van der Waals surface area contributed by atoms with Gasteiger partial charge in [0.25, 0.3) is 5.91 Å². The predicted molar refractivity (Wildman–Crippen MR) is 95.5 cm³/mol. The highest BCUT2D eigenvalue weighted by molar-refractivity contribution is 7.92. The first kappa shape index (κ1) is 17.8. The second-order valence-corrected chi connectivity index (χ2v) is 6.67. The lowest BCUT2D eigenvalue weighted by Gasteiger charge is -2.18. The molecule has 0 bridgehead atoms. The summed E-state index contributed by atoms with van der Waals surface area (Å²) in [7, 11) is 0. The topological polar surface area (TPSA) is 117 Å². The van der Waals surface area contributed by atoms with Gasteiger partial charge in [-0.3, -0.25) is 4.79 Å². The first-order valence-corrected chi connectivity index (χ1v) is 8.61. The number of aromatic hydroxyl groups is 1. The average molecular weight is 378 g/mol. The number of nitrogens with one attached hydrogen (secondary N) is 3. The van der Waals surface area contributed by atoms with Gasteiger partial charge in [0.2, 0.25) is 0 Å². The Morgan fingerprint density at radius 3 is 2.69 bits per heavy atom. The number of aryl methyl sites for hydroxylation is 1. The predicted octanol–water partition coefficient (Wildman–Crippen LogP) is 2.00. The number of hydrogen-bond acceptors (Lipinski definition) is 5. The van der Waals surface area contributed by atoms with Gasteiger partial charge in [-0.1, -0.05) is 18.2 Å². The van der Waals surface area contributed by atoms with Gasteiger partial charge in [-0.05, 0) is 18.6 Å². The summed E-state index contributed by atoms with van der Waals surface area (Å²) in [4.78, 5) is 23.3. The molecule has 1 fully saturated rings. The number of para-hydroxylation sites is 1. The van der Waals surface area contributed by atoms with Gasteiger partial charge in [0.1, 0.15) is 5.75 Å². The summed E-state index contributed by atoms with van der Waals surface area (Å²) in [6, 6.07) is 8.57. The Bertz CT molecular complexity index is 856. The third kappa shape index (κ3) is 3.65. The molecule has 2 aromatic carbocycles. The van der Waals surface area contributed by atoms with E-state index in [0.717, 1.165) is 22.0 Å². The molecule has 1 heterocycles. The van der Waals surface area contributed by atoms with Crippen molar-refractivity contribution in [1.29, 1.82) is 0 Å². The maximum Gasteiger partial charge on any atom is 0.323 e. The molecule has 1 unspecified atom stereocenters. The van der Waals surface area contributed by atoms with Crippen LogP contribution in [0.3, 0.4) is 0 Å². The van der Waals surface area contributed by atoms with E-state index in [0.29, 0.717) is 5.69 Å². The number of nitrogens with zero attached hydrogens (tertiary/aromatic N) is 1. The number of carbonyl (C=O) groups excluding carboxylic acids is 2. The molecular weight excluding hydrogens is 363 g/mol. The summed E-state index contributed by atoms with van der Waals surface area (Å²) in [6.45, 7) is 1.47. The van der Waals surface area contributed by atoms with E-state index in [-0.39, 0.29) is 17.9 Å². The van der Waals surface area contributed by atoms with Crippen molar-refractivity contribution in [2.24, 2.45) is 0 Å². The molecule has 0 saturated carbocycles.